The highest BCUT2D eigenvalue weighted by Gasteiger charge is 2.34. The van der Waals surface area contributed by atoms with E-state index in [4.69, 9.17) is 4.98 Å². The number of hydrogen-bond donors (Lipinski definition) is 0. The molecule has 0 bridgehead atoms. The second-order valence-corrected chi connectivity index (χ2v) is 7.57. The van der Waals surface area contributed by atoms with Crippen LogP contribution in [0.25, 0.3) is 10.6 Å². The van der Waals surface area contributed by atoms with Gasteiger partial charge in [-0.1, -0.05) is 48.0 Å². The van der Waals surface area contributed by atoms with Gasteiger partial charge in [0.1, 0.15) is 5.01 Å². The zero-order valence-electron chi connectivity index (χ0n) is 10.9. The summed E-state index contributed by atoms with van der Waals surface area (Å²) < 4.78 is 1.02. The van der Waals surface area contributed by atoms with E-state index in [9.17, 15) is 4.79 Å². The molecule has 1 heterocycles. The molecule has 1 aromatic carbocycles. The first-order valence-electron chi connectivity index (χ1n) is 6.24. The average Bonchev–Trinajstić information content (AvgIpc) is 2.71. The van der Waals surface area contributed by atoms with Gasteiger partial charge in [0.2, 0.25) is 0 Å². The molecule has 0 saturated carbocycles. The van der Waals surface area contributed by atoms with Gasteiger partial charge in [-0.3, -0.25) is 4.79 Å². The fourth-order valence-corrected chi connectivity index (χ4v) is 4.13. The van der Waals surface area contributed by atoms with Crippen LogP contribution in [0.4, 0.5) is 0 Å². The predicted octanol–water partition coefficient (Wildman–Crippen LogP) is 4.73. The standard InChI is InChI=1S/C15H14BrNOS/c1-15(2)7-11-13(12(18)8-15)19-14(17-11)9-5-3-4-6-10(9)16/h3-6H,7-8H2,1-2H3. The van der Waals surface area contributed by atoms with Crippen molar-refractivity contribution in [3.63, 3.8) is 0 Å². The van der Waals surface area contributed by atoms with Gasteiger partial charge in [-0.25, -0.2) is 4.98 Å². The Morgan fingerprint density at radius 2 is 2.00 bits per heavy atom. The van der Waals surface area contributed by atoms with Crippen LogP contribution in [-0.2, 0) is 6.42 Å². The fourth-order valence-electron chi connectivity index (χ4n) is 2.47. The molecule has 1 aromatic heterocycles. The van der Waals surface area contributed by atoms with Crippen LogP contribution in [0.3, 0.4) is 0 Å². The summed E-state index contributed by atoms with van der Waals surface area (Å²) in [6.07, 6.45) is 1.51. The van der Waals surface area contributed by atoms with Crippen LogP contribution in [-0.4, -0.2) is 10.8 Å². The molecule has 0 radical (unpaired) electrons. The SMILES string of the molecule is CC1(C)CC(=O)c2sc(-c3ccccc3Br)nc2C1. The monoisotopic (exact) mass is 335 g/mol. The Hall–Kier alpha value is -1.000. The van der Waals surface area contributed by atoms with E-state index in [1.807, 2.05) is 24.3 Å². The highest BCUT2D eigenvalue weighted by atomic mass is 79.9. The first-order valence-corrected chi connectivity index (χ1v) is 7.85. The third-order valence-corrected chi connectivity index (χ3v) is 5.20. The summed E-state index contributed by atoms with van der Waals surface area (Å²) in [5.41, 5.74) is 2.06. The van der Waals surface area contributed by atoms with Crippen LogP contribution >= 0.6 is 27.3 Å². The van der Waals surface area contributed by atoms with Gasteiger partial charge in [0.05, 0.1) is 10.6 Å². The summed E-state index contributed by atoms with van der Waals surface area (Å²) in [7, 11) is 0. The number of rotatable bonds is 1. The number of hydrogen-bond acceptors (Lipinski definition) is 3. The van der Waals surface area contributed by atoms with E-state index >= 15 is 0 Å². The fraction of sp³-hybridized carbons (Fsp3) is 0.333. The topological polar surface area (TPSA) is 30.0 Å². The summed E-state index contributed by atoms with van der Waals surface area (Å²) in [5.74, 6) is 0.238. The second-order valence-electron chi connectivity index (χ2n) is 5.72. The molecule has 0 N–H and O–H groups in total. The minimum atomic E-state index is 0.0311. The van der Waals surface area contributed by atoms with Crippen LogP contribution < -0.4 is 0 Å². The summed E-state index contributed by atoms with van der Waals surface area (Å²) >= 11 is 5.07. The predicted molar refractivity (Wildman–Crippen MR) is 81.7 cm³/mol. The maximum absolute atomic E-state index is 12.2. The molecular weight excluding hydrogens is 322 g/mol. The van der Waals surface area contributed by atoms with Crippen molar-refractivity contribution in [2.45, 2.75) is 26.7 Å². The highest BCUT2D eigenvalue weighted by molar-refractivity contribution is 9.10. The molecule has 4 heteroatoms. The Morgan fingerprint density at radius 1 is 1.26 bits per heavy atom. The normalized spacial score (nSPS) is 17.3. The van der Waals surface area contributed by atoms with Gasteiger partial charge in [0.25, 0.3) is 0 Å². The van der Waals surface area contributed by atoms with Gasteiger partial charge >= 0.3 is 0 Å². The molecule has 0 saturated heterocycles. The van der Waals surface area contributed by atoms with Crippen LogP contribution in [0.5, 0.6) is 0 Å². The number of thiazole rings is 1. The molecule has 3 rings (SSSR count). The average molecular weight is 336 g/mol. The van der Waals surface area contributed by atoms with E-state index in [0.29, 0.717) is 6.42 Å². The number of fused-ring (bicyclic) bond motifs is 1. The van der Waals surface area contributed by atoms with Crippen molar-refractivity contribution in [2.24, 2.45) is 5.41 Å². The number of ketones is 1. The smallest absolute Gasteiger partial charge is 0.175 e. The lowest BCUT2D eigenvalue weighted by molar-refractivity contribution is 0.0916. The van der Waals surface area contributed by atoms with E-state index in [2.05, 4.69) is 29.8 Å². The third-order valence-electron chi connectivity index (χ3n) is 3.34. The van der Waals surface area contributed by atoms with E-state index in [1.165, 1.54) is 11.3 Å². The summed E-state index contributed by atoms with van der Waals surface area (Å²) in [6.45, 7) is 4.26. The molecule has 19 heavy (non-hydrogen) atoms. The maximum Gasteiger partial charge on any atom is 0.175 e. The molecule has 0 atom stereocenters. The lowest BCUT2D eigenvalue weighted by Crippen LogP contribution is -2.25. The first kappa shape index (κ1) is 13.0. The quantitative estimate of drug-likeness (QED) is 0.754. The zero-order valence-corrected chi connectivity index (χ0v) is 13.3. The largest absolute Gasteiger partial charge is 0.293 e. The number of aromatic nitrogens is 1. The van der Waals surface area contributed by atoms with Crippen molar-refractivity contribution >= 4 is 33.0 Å². The number of halogens is 1. The van der Waals surface area contributed by atoms with Gasteiger partial charge < -0.3 is 0 Å². The van der Waals surface area contributed by atoms with Crippen molar-refractivity contribution < 1.29 is 4.79 Å². The van der Waals surface area contributed by atoms with Crippen molar-refractivity contribution in [3.8, 4) is 10.6 Å². The molecule has 0 unspecified atom stereocenters. The Labute approximate surface area is 125 Å². The summed E-state index contributed by atoms with van der Waals surface area (Å²) in [5, 5.41) is 0.934. The molecule has 0 spiro atoms. The molecule has 98 valence electrons. The van der Waals surface area contributed by atoms with Gasteiger partial charge in [0.15, 0.2) is 5.78 Å². The molecule has 1 aliphatic carbocycles. The number of carbonyl (C=O) groups is 1. The van der Waals surface area contributed by atoms with Crippen LogP contribution in [0, 0.1) is 5.41 Å². The lowest BCUT2D eigenvalue weighted by Gasteiger charge is -2.26. The minimum Gasteiger partial charge on any atom is -0.293 e. The Kier molecular flexibility index (Phi) is 3.10. The van der Waals surface area contributed by atoms with E-state index in [1.54, 1.807) is 0 Å². The van der Waals surface area contributed by atoms with Crippen LogP contribution in [0.2, 0.25) is 0 Å². The number of benzene rings is 1. The van der Waals surface area contributed by atoms with E-state index in [-0.39, 0.29) is 11.2 Å². The Morgan fingerprint density at radius 3 is 2.74 bits per heavy atom. The van der Waals surface area contributed by atoms with E-state index < -0.39 is 0 Å². The Balaban J connectivity index is 2.09. The lowest BCUT2D eigenvalue weighted by atomic mass is 9.78. The van der Waals surface area contributed by atoms with Crippen molar-refractivity contribution in [1.29, 1.82) is 0 Å². The molecule has 0 fully saturated rings. The summed E-state index contributed by atoms with van der Waals surface area (Å²) in [4.78, 5) is 17.7. The first-order chi connectivity index (χ1) is 8.96. The number of carbonyl (C=O) groups excluding carboxylic acids is 1. The Bertz CT molecular complexity index is 660. The van der Waals surface area contributed by atoms with E-state index in [0.717, 1.165) is 32.0 Å². The molecule has 1 aliphatic rings. The minimum absolute atomic E-state index is 0.0311. The van der Waals surface area contributed by atoms with Crippen LogP contribution in [0.1, 0.15) is 35.6 Å². The van der Waals surface area contributed by atoms with Gasteiger partial charge in [0, 0.05) is 16.5 Å². The van der Waals surface area contributed by atoms with Crippen LogP contribution in [0.15, 0.2) is 28.7 Å². The molecule has 2 aromatic rings. The van der Waals surface area contributed by atoms with Crippen molar-refractivity contribution in [2.75, 3.05) is 0 Å². The van der Waals surface area contributed by atoms with Crippen molar-refractivity contribution in [3.05, 3.63) is 39.3 Å². The van der Waals surface area contributed by atoms with Gasteiger partial charge in [-0.05, 0) is 17.9 Å². The summed E-state index contributed by atoms with van der Waals surface area (Å²) in [6, 6.07) is 8.01. The highest BCUT2D eigenvalue weighted by Crippen LogP contribution is 2.40. The number of Topliss-reactive ketones (excluding diaryl/α,β-unsaturated/α-hetero) is 1. The second kappa shape index (κ2) is 4.53. The molecule has 2 nitrogen and oxygen atoms in total. The van der Waals surface area contributed by atoms with Crippen molar-refractivity contribution in [1.82, 2.24) is 4.98 Å². The third kappa shape index (κ3) is 2.39. The zero-order chi connectivity index (χ0) is 13.6. The maximum atomic E-state index is 12.2. The molecular formula is C15H14BrNOS. The molecule has 0 amide bonds. The van der Waals surface area contributed by atoms with Gasteiger partial charge in [-0.2, -0.15) is 0 Å². The molecule has 0 aliphatic heterocycles. The number of nitrogens with zero attached hydrogens (tertiary/aromatic N) is 1. The van der Waals surface area contributed by atoms with Gasteiger partial charge in [-0.15, -0.1) is 11.3 Å².